The van der Waals surface area contributed by atoms with Gasteiger partial charge in [-0.15, -0.1) is 0 Å². The molecule has 2 fully saturated rings. The molecular weight excluding hydrogens is 336 g/mol. The van der Waals surface area contributed by atoms with Crippen LogP contribution in [-0.2, 0) is 4.79 Å². The van der Waals surface area contributed by atoms with E-state index in [2.05, 4.69) is 15.9 Å². The maximum atomic E-state index is 12.7. The van der Waals surface area contributed by atoms with Gasteiger partial charge in [0.1, 0.15) is 5.75 Å². The molecule has 5 nitrogen and oxygen atoms in total. The predicted molar refractivity (Wildman–Crippen MR) is 81.3 cm³/mol. The van der Waals surface area contributed by atoms with Crippen molar-refractivity contribution in [3.05, 3.63) is 28.2 Å². The van der Waals surface area contributed by atoms with Crippen LogP contribution in [0.15, 0.2) is 22.7 Å². The van der Waals surface area contributed by atoms with Gasteiger partial charge in [-0.3, -0.25) is 9.59 Å². The molecule has 6 heteroatoms. The number of benzene rings is 1. The number of hydrogen-bond acceptors (Lipinski definition) is 3. The lowest BCUT2D eigenvalue weighted by atomic mass is 10.1. The summed E-state index contributed by atoms with van der Waals surface area (Å²) in [5.74, 6) is 0.756. The van der Waals surface area contributed by atoms with Crippen molar-refractivity contribution in [1.82, 2.24) is 9.80 Å². The van der Waals surface area contributed by atoms with Crippen LogP contribution < -0.4 is 4.74 Å². The van der Waals surface area contributed by atoms with E-state index in [0.29, 0.717) is 37.4 Å². The van der Waals surface area contributed by atoms with E-state index in [9.17, 15) is 9.59 Å². The molecule has 1 aromatic carbocycles. The zero-order valence-electron chi connectivity index (χ0n) is 11.8. The van der Waals surface area contributed by atoms with Crippen molar-refractivity contribution in [3.8, 4) is 5.75 Å². The molecule has 0 N–H and O–H groups in total. The van der Waals surface area contributed by atoms with Crippen LogP contribution in [0.5, 0.6) is 5.75 Å². The van der Waals surface area contributed by atoms with Crippen LogP contribution in [0.2, 0.25) is 0 Å². The molecule has 112 valence electrons. The Labute approximate surface area is 132 Å². The molecule has 0 spiro atoms. The smallest absolute Gasteiger partial charge is 0.257 e. The molecule has 3 rings (SSSR count). The van der Waals surface area contributed by atoms with E-state index in [0.717, 1.165) is 10.9 Å². The van der Waals surface area contributed by atoms with Crippen LogP contribution >= 0.6 is 15.9 Å². The number of halogens is 1. The average molecular weight is 353 g/mol. The van der Waals surface area contributed by atoms with E-state index in [1.165, 1.54) is 0 Å². The molecular formula is C15H17BrN2O3. The van der Waals surface area contributed by atoms with Gasteiger partial charge in [-0.25, -0.2) is 0 Å². The molecule has 0 radical (unpaired) electrons. The van der Waals surface area contributed by atoms with Crippen molar-refractivity contribution in [1.29, 1.82) is 0 Å². The Bertz CT molecular complexity index is 590. The Morgan fingerprint density at radius 1 is 1.38 bits per heavy atom. The van der Waals surface area contributed by atoms with Gasteiger partial charge in [-0.05, 0) is 24.6 Å². The highest BCUT2D eigenvalue weighted by molar-refractivity contribution is 9.10. The Morgan fingerprint density at radius 2 is 2.19 bits per heavy atom. The van der Waals surface area contributed by atoms with Crippen LogP contribution in [0.4, 0.5) is 0 Å². The summed E-state index contributed by atoms with van der Waals surface area (Å²) in [6.45, 7) is 1.83. The number of amides is 2. The number of fused-ring (bicyclic) bond motifs is 1. The summed E-state index contributed by atoms with van der Waals surface area (Å²) in [5.41, 5.74) is 0.568. The molecule has 2 aliphatic heterocycles. The molecule has 0 saturated carbocycles. The maximum Gasteiger partial charge on any atom is 0.257 e. The van der Waals surface area contributed by atoms with Gasteiger partial charge in [0.15, 0.2) is 0 Å². The van der Waals surface area contributed by atoms with Gasteiger partial charge in [0, 0.05) is 36.6 Å². The largest absolute Gasteiger partial charge is 0.496 e. The summed E-state index contributed by atoms with van der Waals surface area (Å²) in [5, 5.41) is 0. The van der Waals surface area contributed by atoms with Gasteiger partial charge >= 0.3 is 0 Å². The third-order valence-corrected chi connectivity index (χ3v) is 4.67. The zero-order chi connectivity index (χ0) is 15.0. The number of rotatable bonds is 2. The Hall–Kier alpha value is -1.56. The molecule has 1 unspecified atom stereocenters. The fourth-order valence-corrected chi connectivity index (χ4v) is 3.40. The van der Waals surface area contributed by atoms with Crippen LogP contribution in [0, 0.1) is 0 Å². The Kier molecular flexibility index (Phi) is 3.89. The lowest BCUT2D eigenvalue weighted by molar-refractivity contribution is -0.130. The van der Waals surface area contributed by atoms with Crippen LogP contribution in [0.25, 0.3) is 0 Å². The quantitative estimate of drug-likeness (QED) is 0.816. The molecule has 21 heavy (non-hydrogen) atoms. The van der Waals surface area contributed by atoms with Gasteiger partial charge in [0.25, 0.3) is 5.91 Å². The maximum absolute atomic E-state index is 12.7. The second kappa shape index (κ2) is 5.67. The first-order valence-corrected chi connectivity index (χ1v) is 7.81. The monoisotopic (exact) mass is 352 g/mol. The van der Waals surface area contributed by atoms with Gasteiger partial charge < -0.3 is 14.5 Å². The molecule has 2 saturated heterocycles. The Balaban J connectivity index is 1.79. The number of nitrogens with zero attached hydrogens (tertiary/aromatic N) is 2. The fraction of sp³-hybridized carbons (Fsp3) is 0.467. The summed E-state index contributed by atoms with van der Waals surface area (Å²) in [6, 6.07) is 5.59. The first-order valence-electron chi connectivity index (χ1n) is 7.02. The van der Waals surface area contributed by atoms with E-state index in [1.54, 1.807) is 19.2 Å². The minimum atomic E-state index is -0.0293. The van der Waals surface area contributed by atoms with E-state index >= 15 is 0 Å². The zero-order valence-corrected chi connectivity index (χ0v) is 13.4. The summed E-state index contributed by atoms with van der Waals surface area (Å²) >= 11 is 3.38. The number of piperazine rings is 1. The SMILES string of the molecule is COc1cc(Br)ccc1C(=O)N1CCN2C(=O)CCC2C1. The first-order chi connectivity index (χ1) is 10.1. The van der Waals surface area contributed by atoms with Crippen molar-refractivity contribution < 1.29 is 14.3 Å². The van der Waals surface area contributed by atoms with Gasteiger partial charge in [0.2, 0.25) is 5.91 Å². The van der Waals surface area contributed by atoms with Crippen LogP contribution in [0.3, 0.4) is 0 Å². The van der Waals surface area contributed by atoms with Crippen molar-refractivity contribution in [2.75, 3.05) is 26.7 Å². The van der Waals surface area contributed by atoms with Gasteiger partial charge in [-0.2, -0.15) is 0 Å². The lowest BCUT2D eigenvalue weighted by Gasteiger charge is -2.37. The number of ether oxygens (including phenoxy) is 1. The van der Waals surface area contributed by atoms with E-state index in [1.807, 2.05) is 15.9 Å². The van der Waals surface area contributed by atoms with E-state index in [4.69, 9.17) is 4.74 Å². The normalized spacial score (nSPS) is 21.4. The number of carbonyl (C=O) groups is 2. The third-order valence-electron chi connectivity index (χ3n) is 4.18. The minimum absolute atomic E-state index is 0.0293. The molecule has 2 heterocycles. The molecule has 0 aliphatic carbocycles. The summed E-state index contributed by atoms with van der Waals surface area (Å²) in [7, 11) is 1.56. The van der Waals surface area contributed by atoms with Crippen molar-refractivity contribution >= 4 is 27.7 Å². The molecule has 1 atom stereocenters. The minimum Gasteiger partial charge on any atom is -0.496 e. The second-order valence-electron chi connectivity index (χ2n) is 5.38. The standard InChI is InChI=1S/C15H17BrN2O3/c1-21-13-8-10(16)2-4-12(13)15(20)17-6-7-18-11(9-17)3-5-14(18)19/h2,4,8,11H,3,5-7,9H2,1H3. The van der Waals surface area contributed by atoms with Crippen molar-refractivity contribution in [2.45, 2.75) is 18.9 Å². The molecule has 2 amide bonds. The summed E-state index contributed by atoms with van der Waals surface area (Å²) in [4.78, 5) is 28.1. The van der Waals surface area contributed by atoms with Crippen molar-refractivity contribution in [2.24, 2.45) is 0 Å². The number of carbonyl (C=O) groups excluding carboxylic acids is 2. The third kappa shape index (κ3) is 2.64. The van der Waals surface area contributed by atoms with Crippen molar-refractivity contribution in [3.63, 3.8) is 0 Å². The summed E-state index contributed by atoms with van der Waals surface area (Å²) < 4.78 is 6.18. The highest BCUT2D eigenvalue weighted by Crippen LogP contribution is 2.27. The van der Waals surface area contributed by atoms with E-state index in [-0.39, 0.29) is 17.9 Å². The van der Waals surface area contributed by atoms with Gasteiger partial charge in [0.05, 0.1) is 12.7 Å². The number of hydrogen-bond donors (Lipinski definition) is 0. The average Bonchev–Trinajstić information content (AvgIpc) is 2.87. The fourth-order valence-electron chi connectivity index (χ4n) is 3.06. The van der Waals surface area contributed by atoms with Crippen LogP contribution in [-0.4, -0.2) is 54.4 Å². The predicted octanol–water partition coefficient (Wildman–Crippen LogP) is 1.90. The Morgan fingerprint density at radius 3 is 2.95 bits per heavy atom. The highest BCUT2D eigenvalue weighted by Gasteiger charge is 2.37. The molecule has 1 aromatic rings. The van der Waals surface area contributed by atoms with E-state index < -0.39 is 0 Å². The number of methoxy groups -OCH3 is 1. The first kappa shape index (κ1) is 14.4. The second-order valence-corrected chi connectivity index (χ2v) is 6.29. The summed E-state index contributed by atoms with van der Waals surface area (Å²) in [6.07, 6.45) is 1.45. The molecule has 2 aliphatic rings. The topological polar surface area (TPSA) is 49.9 Å². The lowest BCUT2D eigenvalue weighted by Crippen LogP contribution is -2.53. The molecule has 0 bridgehead atoms. The molecule has 0 aromatic heterocycles. The van der Waals surface area contributed by atoms with Crippen LogP contribution in [0.1, 0.15) is 23.2 Å². The van der Waals surface area contributed by atoms with Gasteiger partial charge in [-0.1, -0.05) is 15.9 Å². The highest BCUT2D eigenvalue weighted by atomic mass is 79.9.